The number of anilines is 2. The molecular formula is C22H24BrN3O4. The van der Waals surface area contributed by atoms with E-state index in [-0.39, 0.29) is 36.7 Å². The Morgan fingerprint density at radius 3 is 2.40 bits per heavy atom. The van der Waals surface area contributed by atoms with Gasteiger partial charge in [-0.05, 0) is 61.4 Å². The molecule has 0 saturated carbocycles. The molecule has 1 fully saturated rings. The van der Waals surface area contributed by atoms with Crippen LogP contribution in [0.3, 0.4) is 0 Å². The minimum atomic E-state index is -0.340. The quantitative estimate of drug-likeness (QED) is 0.674. The van der Waals surface area contributed by atoms with Crippen molar-refractivity contribution < 1.29 is 19.1 Å². The standard InChI is InChI=1S/C22H24BrN3O4/c1-13-8-16(23)9-14(2)21(13)25-19(27)12-30-18-6-4-17(5-7-18)26-11-15(10-20(26)28)22(29)24-3/h4-9,15H,10-12H2,1-3H3,(H,24,29)(H,25,27)/t15-/m1/s1. The number of hydrogen-bond donors (Lipinski definition) is 2. The van der Waals surface area contributed by atoms with Gasteiger partial charge < -0.3 is 20.3 Å². The van der Waals surface area contributed by atoms with E-state index in [4.69, 9.17) is 4.74 Å². The van der Waals surface area contributed by atoms with Gasteiger partial charge in [0.05, 0.1) is 5.92 Å². The average molecular weight is 474 g/mol. The van der Waals surface area contributed by atoms with Crippen molar-refractivity contribution in [1.29, 1.82) is 0 Å². The van der Waals surface area contributed by atoms with Gasteiger partial charge in [0.1, 0.15) is 5.75 Å². The number of amides is 3. The van der Waals surface area contributed by atoms with Crippen molar-refractivity contribution in [2.75, 3.05) is 30.4 Å². The first-order chi connectivity index (χ1) is 14.3. The third kappa shape index (κ3) is 4.99. The van der Waals surface area contributed by atoms with E-state index in [1.165, 1.54) is 0 Å². The summed E-state index contributed by atoms with van der Waals surface area (Å²) in [5, 5.41) is 5.47. The Morgan fingerprint density at radius 1 is 1.17 bits per heavy atom. The maximum Gasteiger partial charge on any atom is 0.262 e. The number of carbonyl (C=O) groups excluding carboxylic acids is 3. The predicted octanol–water partition coefficient (Wildman–Crippen LogP) is 3.18. The van der Waals surface area contributed by atoms with Crippen LogP contribution in [-0.2, 0) is 14.4 Å². The van der Waals surface area contributed by atoms with E-state index >= 15 is 0 Å². The number of rotatable bonds is 6. The second-order valence-electron chi connectivity index (χ2n) is 7.26. The van der Waals surface area contributed by atoms with Gasteiger partial charge in [0.15, 0.2) is 6.61 Å². The minimum Gasteiger partial charge on any atom is -0.484 e. The molecule has 8 heteroatoms. The SMILES string of the molecule is CNC(=O)[C@@H]1CC(=O)N(c2ccc(OCC(=O)Nc3c(C)cc(Br)cc3C)cc2)C1. The number of ether oxygens (including phenoxy) is 1. The summed E-state index contributed by atoms with van der Waals surface area (Å²) >= 11 is 3.44. The highest BCUT2D eigenvalue weighted by Crippen LogP contribution is 2.27. The smallest absolute Gasteiger partial charge is 0.262 e. The topological polar surface area (TPSA) is 87.7 Å². The third-order valence-electron chi connectivity index (χ3n) is 5.02. The lowest BCUT2D eigenvalue weighted by molar-refractivity contribution is -0.125. The Labute approximate surface area is 183 Å². The Morgan fingerprint density at radius 2 is 1.80 bits per heavy atom. The largest absolute Gasteiger partial charge is 0.484 e. The highest BCUT2D eigenvalue weighted by molar-refractivity contribution is 9.10. The van der Waals surface area contributed by atoms with Crippen molar-refractivity contribution in [2.45, 2.75) is 20.3 Å². The molecule has 0 aromatic heterocycles. The van der Waals surface area contributed by atoms with Crippen molar-refractivity contribution in [2.24, 2.45) is 5.92 Å². The van der Waals surface area contributed by atoms with Gasteiger partial charge in [-0.3, -0.25) is 14.4 Å². The average Bonchev–Trinajstić information content (AvgIpc) is 3.10. The summed E-state index contributed by atoms with van der Waals surface area (Å²) in [6.07, 6.45) is 0.201. The zero-order valence-corrected chi connectivity index (χ0v) is 18.7. The molecule has 2 N–H and O–H groups in total. The van der Waals surface area contributed by atoms with Crippen molar-refractivity contribution in [3.8, 4) is 5.75 Å². The van der Waals surface area contributed by atoms with E-state index in [1.807, 2.05) is 26.0 Å². The zero-order chi connectivity index (χ0) is 21.8. The van der Waals surface area contributed by atoms with Crippen LogP contribution in [0.5, 0.6) is 5.75 Å². The molecule has 1 saturated heterocycles. The minimum absolute atomic E-state index is 0.0862. The first kappa shape index (κ1) is 21.8. The van der Waals surface area contributed by atoms with E-state index in [1.54, 1.807) is 36.2 Å². The normalized spacial score (nSPS) is 15.8. The van der Waals surface area contributed by atoms with Gasteiger partial charge in [-0.25, -0.2) is 0 Å². The molecule has 2 aromatic carbocycles. The van der Waals surface area contributed by atoms with Crippen molar-refractivity contribution >= 4 is 45.0 Å². The van der Waals surface area contributed by atoms with E-state index in [0.717, 1.165) is 21.3 Å². The molecule has 1 heterocycles. The van der Waals surface area contributed by atoms with Gasteiger partial charge in [-0.2, -0.15) is 0 Å². The zero-order valence-electron chi connectivity index (χ0n) is 17.1. The van der Waals surface area contributed by atoms with E-state index in [0.29, 0.717) is 18.0 Å². The second kappa shape index (κ2) is 9.30. The maximum atomic E-state index is 12.3. The summed E-state index contributed by atoms with van der Waals surface area (Å²) in [7, 11) is 1.57. The fourth-order valence-electron chi connectivity index (χ4n) is 3.49. The molecule has 0 radical (unpaired) electrons. The molecule has 1 atom stereocenters. The Kier molecular flexibility index (Phi) is 6.77. The number of hydrogen-bond acceptors (Lipinski definition) is 4. The molecule has 0 spiro atoms. The summed E-state index contributed by atoms with van der Waals surface area (Å²) in [5.74, 6) is -0.291. The van der Waals surface area contributed by atoms with Crippen LogP contribution in [-0.4, -0.2) is 37.9 Å². The van der Waals surface area contributed by atoms with Crippen LogP contribution in [0.4, 0.5) is 11.4 Å². The lowest BCUT2D eigenvalue weighted by atomic mass is 10.1. The molecule has 1 aliphatic rings. The molecule has 30 heavy (non-hydrogen) atoms. The summed E-state index contributed by atoms with van der Waals surface area (Å²) in [5.41, 5.74) is 3.40. The number of nitrogens with one attached hydrogen (secondary N) is 2. The van der Waals surface area contributed by atoms with Crippen LogP contribution in [0.1, 0.15) is 17.5 Å². The highest BCUT2D eigenvalue weighted by atomic mass is 79.9. The molecule has 0 aliphatic carbocycles. The fraction of sp³-hybridized carbons (Fsp3) is 0.318. The molecule has 3 rings (SSSR count). The van der Waals surface area contributed by atoms with Crippen LogP contribution in [0.25, 0.3) is 0 Å². The lowest BCUT2D eigenvalue weighted by Crippen LogP contribution is -2.30. The summed E-state index contributed by atoms with van der Waals surface area (Å²) < 4.78 is 6.54. The van der Waals surface area contributed by atoms with E-state index < -0.39 is 0 Å². The van der Waals surface area contributed by atoms with Gasteiger partial charge in [0, 0.05) is 35.9 Å². The van der Waals surface area contributed by atoms with Gasteiger partial charge in [-0.15, -0.1) is 0 Å². The van der Waals surface area contributed by atoms with E-state index in [9.17, 15) is 14.4 Å². The van der Waals surface area contributed by atoms with Crippen LogP contribution in [0, 0.1) is 19.8 Å². The Hall–Kier alpha value is -2.87. The summed E-state index contributed by atoms with van der Waals surface area (Å²) in [4.78, 5) is 37.9. The Balaban J connectivity index is 1.57. The van der Waals surface area contributed by atoms with Gasteiger partial charge in [0.2, 0.25) is 11.8 Å². The number of benzene rings is 2. The van der Waals surface area contributed by atoms with Gasteiger partial charge >= 0.3 is 0 Å². The number of aryl methyl sites for hydroxylation is 2. The summed E-state index contributed by atoms with van der Waals surface area (Å²) in [6, 6.07) is 10.8. The van der Waals surface area contributed by atoms with Gasteiger partial charge in [-0.1, -0.05) is 15.9 Å². The first-order valence-corrected chi connectivity index (χ1v) is 10.4. The van der Waals surface area contributed by atoms with Crippen molar-refractivity contribution in [3.05, 3.63) is 52.0 Å². The van der Waals surface area contributed by atoms with Crippen LogP contribution in [0.15, 0.2) is 40.9 Å². The first-order valence-electron chi connectivity index (χ1n) is 9.60. The van der Waals surface area contributed by atoms with Crippen molar-refractivity contribution in [1.82, 2.24) is 5.32 Å². The molecule has 158 valence electrons. The predicted molar refractivity (Wildman–Crippen MR) is 119 cm³/mol. The highest BCUT2D eigenvalue weighted by Gasteiger charge is 2.34. The maximum absolute atomic E-state index is 12.3. The number of carbonyl (C=O) groups is 3. The number of nitrogens with zero attached hydrogens (tertiary/aromatic N) is 1. The van der Waals surface area contributed by atoms with Crippen LogP contribution < -0.4 is 20.3 Å². The van der Waals surface area contributed by atoms with Gasteiger partial charge in [0.25, 0.3) is 5.91 Å². The molecular weight excluding hydrogens is 450 g/mol. The molecule has 2 aromatic rings. The van der Waals surface area contributed by atoms with E-state index in [2.05, 4.69) is 26.6 Å². The Bertz CT molecular complexity index is 952. The summed E-state index contributed by atoms with van der Waals surface area (Å²) in [6.45, 7) is 4.09. The molecule has 0 unspecified atom stereocenters. The van der Waals surface area contributed by atoms with Crippen molar-refractivity contribution in [3.63, 3.8) is 0 Å². The fourth-order valence-corrected chi connectivity index (χ4v) is 4.18. The third-order valence-corrected chi connectivity index (χ3v) is 5.48. The number of halogens is 1. The molecule has 7 nitrogen and oxygen atoms in total. The second-order valence-corrected chi connectivity index (χ2v) is 8.18. The van der Waals surface area contributed by atoms with Crippen LogP contribution in [0.2, 0.25) is 0 Å². The lowest BCUT2D eigenvalue weighted by Gasteiger charge is -2.17. The van der Waals surface area contributed by atoms with Crippen LogP contribution >= 0.6 is 15.9 Å². The molecule has 0 bridgehead atoms. The molecule has 3 amide bonds. The molecule has 1 aliphatic heterocycles. The monoisotopic (exact) mass is 473 g/mol.